The van der Waals surface area contributed by atoms with Gasteiger partial charge in [-0.3, -0.25) is 4.79 Å². The lowest BCUT2D eigenvalue weighted by Gasteiger charge is -2.22. The molecule has 2 N–H and O–H groups in total. The Morgan fingerprint density at radius 3 is 2.55 bits per heavy atom. The highest BCUT2D eigenvalue weighted by atomic mass is 16.5. The third kappa shape index (κ3) is 5.89. The van der Waals surface area contributed by atoms with Gasteiger partial charge in [0.1, 0.15) is 0 Å². The first-order valence-electron chi connectivity index (χ1n) is 6.84. The van der Waals surface area contributed by atoms with Crippen LogP contribution in [0.15, 0.2) is 30.3 Å². The van der Waals surface area contributed by atoms with E-state index in [0.717, 1.165) is 17.8 Å². The predicted octanol–water partition coefficient (Wildman–Crippen LogP) is 2.41. The number of nitrogens with two attached hydrogens (primary N) is 1. The molecule has 0 aliphatic carbocycles. The second kappa shape index (κ2) is 8.38. The molecule has 0 atom stereocenters. The fourth-order valence-electron chi connectivity index (χ4n) is 1.81. The number of nitrogen functional groups attached to an aromatic ring is 1. The Morgan fingerprint density at radius 2 is 2.00 bits per heavy atom. The van der Waals surface area contributed by atoms with Crippen molar-refractivity contribution in [2.45, 2.75) is 13.8 Å². The fraction of sp³-hybridized carbons (Fsp3) is 0.438. The molecule has 1 aromatic carbocycles. The lowest BCUT2D eigenvalue weighted by Crippen LogP contribution is -2.35. The van der Waals surface area contributed by atoms with Crippen LogP contribution >= 0.6 is 0 Å². The van der Waals surface area contributed by atoms with Crippen molar-refractivity contribution in [3.8, 4) is 0 Å². The molecule has 0 radical (unpaired) electrons. The quantitative estimate of drug-likeness (QED) is 0.614. The van der Waals surface area contributed by atoms with E-state index in [1.54, 1.807) is 13.2 Å². The van der Waals surface area contributed by atoms with E-state index in [1.165, 1.54) is 0 Å². The maximum Gasteiger partial charge on any atom is 0.246 e. The van der Waals surface area contributed by atoms with Crippen molar-refractivity contribution in [1.29, 1.82) is 0 Å². The van der Waals surface area contributed by atoms with Crippen molar-refractivity contribution in [3.05, 3.63) is 35.9 Å². The zero-order valence-electron chi connectivity index (χ0n) is 12.5. The number of methoxy groups -OCH3 is 1. The van der Waals surface area contributed by atoms with Crippen LogP contribution in [0.5, 0.6) is 0 Å². The van der Waals surface area contributed by atoms with Gasteiger partial charge in [0.15, 0.2) is 0 Å². The van der Waals surface area contributed by atoms with Gasteiger partial charge >= 0.3 is 0 Å². The third-order valence-corrected chi connectivity index (χ3v) is 2.82. The Hall–Kier alpha value is -1.81. The second-order valence-corrected chi connectivity index (χ2v) is 5.17. The highest BCUT2D eigenvalue weighted by molar-refractivity contribution is 5.91. The number of carbonyl (C=O) groups is 1. The van der Waals surface area contributed by atoms with Gasteiger partial charge < -0.3 is 15.4 Å². The summed E-state index contributed by atoms with van der Waals surface area (Å²) < 4.78 is 5.05. The summed E-state index contributed by atoms with van der Waals surface area (Å²) in [6.07, 6.45) is 3.41. The van der Waals surface area contributed by atoms with Crippen LogP contribution in [0, 0.1) is 5.92 Å². The number of hydrogen-bond donors (Lipinski definition) is 1. The van der Waals surface area contributed by atoms with Crippen LogP contribution in [-0.4, -0.2) is 37.6 Å². The van der Waals surface area contributed by atoms with Crippen LogP contribution in [0.4, 0.5) is 5.69 Å². The van der Waals surface area contributed by atoms with Crippen molar-refractivity contribution < 1.29 is 9.53 Å². The van der Waals surface area contributed by atoms with E-state index in [9.17, 15) is 4.79 Å². The Balaban J connectivity index is 2.66. The van der Waals surface area contributed by atoms with Crippen LogP contribution in [-0.2, 0) is 9.53 Å². The summed E-state index contributed by atoms with van der Waals surface area (Å²) in [5.41, 5.74) is 7.31. The number of hydrogen-bond acceptors (Lipinski definition) is 3. The summed E-state index contributed by atoms with van der Waals surface area (Å²) in [5, 5.41) is 0. The van der Waals surface area contributed by atoms with Gasteiger partial charge in [-0.2, -0.15) is 0 Å². The maximum atomic E-state index is 12.2. The number of anilines is 1. The molecule has 0 aliphatic rings. The summed E-state index contributed by atoms with van der Waals surface area (Å²) >= 11 is 0. The minimum Gasteiger partial charge on any atom is -0.399 e. The highest BCUT2D eigenvalue weighted by Gasteiger charge is 2.11. The smallest absolute Gasteiger partial charge is 0.246 e. The number of benzene rings is 1. The molecule has 1 aromatic rings. The van der Waals surface area contributed by atoms with Crippen molar-refractivity contribution in [2.24, 2.45) is 5.92 Å². The zero-order valence-corrected chi connectivity index (χ0v) is 12.5. The van der Waals surface area contributed by atoms with E-state index in [0.29, 0.717) is 19.1 Å². The van der Waals surface area contributed by atoms with Crippen LogP contribution in [0.2, 0.25) is 0 Å². The molecule has 20 heavy (non-hydrogen) atoms. The summed E-state index contributed by atoms with van der Waals surface area (Å²) in [7, 11) is 1.64. The lowest BCUT2D eigenvalue weighted by molar-refractivity contribution is -0.127. The molecule has 1 rings (SSSR count). The summed E-state index contributed by atoms with van der Waals surface area (Å²) in [6.45, 7) is 6.08. The molecule has 0 heterocycles. The van der Waals surface area contributed by atoms with E-state index in [2.05, 4.69) is 13.8 Å². The predicted molar refractivity (Wildman–Crippen MR) is 83.2 cm³/mol. The van der Waals surface area contributed by atoms with Crippen molar-refractivity contribution in [2.75, 3.05) is 32.5 Å². The van der Waals surface area contributed by atoms with Gasteiger partial charge in [-0.05, 0) is 29.7 Å². The molecule has 110 valence electrons. The number of ether oxygens (including phenoxy) is 1. The molecule has 0 saturated carbocycles. The molecule has 0 saturated heterocycles. The average Bonchev–Trinajstić information content (AvgIpc) is 2.42. The number of nitrogens with zero attached hydrogens (tertiary/aromatic N) is 1. The van der Waals surface area contributed by atoms with E-state index in [1.807, 2.05) is 35.2 Å². The van der Waals surface area contributed by atoms with Crippen molar-refractivity contribution in [3.63, 3.8) is 0 Å². The number of rotatable bonds is 7. The molecule has 4 nitrogen and oxygen atoms in total. The number of carbonyl (C=O) groups excluding carboxylic acids is 1. The SMILES string of the molecule is COCCN(CC(C)C)C(=O)/C=C/c1ccc(N)cc1. The standard InChI is InChI=1S/C16H24N2O2/c1-13(2)12-18(10-11-20-3)16(19)9-6-14-4-7-15(17)8-5-14/h4-9,13H,10-12,17H2,1-3H3/b9-6+. The molecule has 0 spiro atoms. The van der Waals surface area contributed by atoms with Crippen LogP contribution in [0.1, 0.15) is 19.4 Å². The second-order valence-electron chi connectivity index (χ2n) is 5.17. The van der Waals surface area contributed by atoms with Gasteiger partial charge in [-0.25, -0.2) is 0 Å². The molecule has 0 fully saturated rings. The van der Waals surface area contributed by atoms with Crippen LogP contribution in [0.25, 0.3) is 6.08 Å². The van der Waals surface area contributed by atoms with E-state index >= 15 is 0 Å². The first-order valence-corrected chi connectivity index (χ1v) is 6.84. The number of amides is 1. The molecular formula is C16H24N2O2. The molecule has 0 aliphatic heterocycles. The minimum atomic E-state index is 0.00701. The first kappa shape index (κ1) is 16.2. The summed E-state index contributed by atoms with van der Waals surface area (Å²) in [4.78, 5) is 14.0. The van der Waals surface area contributed by atoms with Gasteiger partial charge in [0.25, 0.3) is 0 Å². The largest absolute Gasteiger partial charge is 0.399 e. The first-order chi connectivity index (χ1) is 9.52. The highest BCUT2D eigenvalue weighted by Crippen LogP contribution is 2.08. The minimum absolute atomic E-state index is 0.00701. The van der Waals surface area contributed by atoms with Gasteiger partial charge in [0, 0.05) is 32.0 Å². The Kier molecular flexibility index (Phi) is 6.81. The topological polar surface area (TPSA) is 55.6 Å². The molecular weight excluding hydrogens is 252 g/mol. The van der Waals surface area contributed by atoms with Crippen molar-refractivity contribution in [1.82, 2.24) is 4.90 Å². The summed E-state index contributed by atoms with van der Waals surface area (Å²) in [6, 6.07) is 7.42. The van der Waals surface area contributed by atoms with Gasteiger partial charge in [-0.1, -0.05) is 26.0 Å². The summed E-state index contributed by atoms with van der Waals surface area (Å²) in [5.74, 6) is 0.438. The molecule has 0 aromatic heterocycles. The molecule has 0 unspecified atom stereocenters. The normalized spacial score (nSPS) is 11.2. The van der Waals surface area contributed by atoms with Gasteiger partial charge in [0.2, 0.25) is 5.91 Å². The molecule has 4 heteroatoms. The zero-order chi connectivity index (χ0) is 15.0. The fourth-order valence-corrected chi connectivity index (χ4v) is 1.81. The van der Waals surface area contributed by atoms with Gasteiger partial charge in [0.05, 0.1) is 6.61 Å². The van der Waals surface area contributed by atoms with Gasteiger partial charge in [-0.15, -0.1) is 0 Å². The Morgan fingerprint density at radius 1 is 1.35 bits per heavy atom. The van der Waals surface area contributed by atoms with E-state index < -0.39 is 0 Å². The van der Waals surface area contributed by atoms with Crippen molar-refractivity contribution >= 4 is 17.7 Å². The Labute approximate surface area is 121 Å². The van der Waals surface area contributed by atoms with Crippen LogP contribution < -0.4 is 5.73 Å². The monoisotopic (exact) mass is 276 g/mol. The molecule has 1 amide bonds. The maximum absolute atomic E-state index is 12.2. The van der Waals surface area contributed by atoms with Crippen LogP contribution in [0.3, 0.4) is 0 Å². The third-order valence-electron chi connectivity index (χ3n) is 2.82. The average molecular weight is 276 g/mol. The lowest BCUT2D eigenvalue weighted by atomic mass is 10.2. The van der Waals surface area contributed by atoms with E-state index in [-0.39, 0.29) is 5.91 Å². The molecule has 0 bridgehead atoms. The Bertz CT molecular complexity index is 438. The van der Waals surface area contributed by atoms with E-state index in [4.69, 9.17) is 10.5 Å².